The van der Waals surface area contributed by atoms with E-state index in [4.69, 9.17) is 16.7 Å². The minimum atomic E-state index is -1.06. The number of nitrogens with one attached hydrogen (secondary N) is 1. The van der Waals surface area contributed by atoms with Gasteiger partial charge in [-0.1, -0.05) is 18.5 Å². The van der Waals surface area contributed by atoms with Crippen molar-refractivity contribution in [3.05, 3.63) is 22.5 Å². The number of rotatable bonds is 5. The first-order chi connectivity index (χ1) is 8.86. The van der Waals surface area contributed by atoms with Crippen LogP contribution in [0.5, 0.6) is 0 Å². The van der Waals surface area contributed by atoms with E-state index in [0.29, 0.717) is 22.8 Å². The van der Waals surface area contributed by atoms with Gasteiger partial charge >= 0.3 is 5.97 Å². The van der Waals surface area contributed by atoms with Crippen molar-refractivity contribution in [3.8, 4) is 0 Å². The summed E-state index contributed by atoms with van der Waals surface area (Å²) in [6, 6.07) is -0.886. The number of carboxylic acids is 1. The van der Waals surface area contributed by atoms with Crippen molar-refractivity contribution in [1.29, 1.82) is 0 Å². The summed E-state index contributed by atoms with van der Waals surface area (Å²) in [6.07, 6.45) is 3.09. The quantitative estimate of drug-likeness (QED) is 0.801. The average Bonchev–Trinajstić information content (AvgIpc) is 2.58. The predicted molar refractivity (Wildman–Crippen MR) is 71.8 cm³/mol. The lowest BCUT2D eigenvalue weighted by atomic mass is 10.2. The summed E-state index contributed by atoms with van der Waals surface area (Å²) >= 11 is 6.00. The zero-order valence-electron chi connectivity index (χ0n) is 11.0. The van der Waals surface area contributed by atoms with Crippen molar-refractivity contribution >= 4 is 29.6 Å². The van der Waals surface area contributed by atoms with Crippen molar-refractivity contribution < 1.29 is 14.7 Å². The summed E-state index contributed by atoms with van der Waals surface area (Å²) in [5, 5.41) is 15.7. The highest BCUT2D eigenvalue weighted by Crippen LogP contribution is 2.19. The van der Waals surface area contributed by atoms with Gasteiger partial charge in [-0.05, 0) is 19.4 Å². The molecule has 1 heterocycles. The van der Waals surface area contributed by atoms with Crippen LogP contribution in [0.4, 0.5) is 0 Å². The number of nitrogens with zero attached hydrogens (tertiary/aromatic N) is 2. The Kier molecular flexibility index (Phi) is 5.11. The molecule has 0 unspecified atom stereocenters. The van der Waals surface area contributed by atoms with E-state index in [1.54, 1.807) is 20.9 Å². The van der Waals surface area contributed by atoms with Gasteiger partial charge < -0.3 is 10.4 Å². The van der Waals surface area contributed by atoms with Crippen LogP contribution in [0, 0.1) is 6.92 Å². The fraction of sp³-hybridized carbons (Fsp3) is 0.417. The molecule has 0 radical (unpaired) electrons. The smallest absolute Gasteiger partial charge is 0.326 e. The molecule has 0 saturated carbocycles. The standard InChI is InChI=1S/C12H16ClN3O3/c1-4-9(12(18)19)14-10(17)6-5-8-7(2)15-16(3)11(8)13/h5-6,9H,4H2,1-3H3,(H,14,17)(H,18,19)/t9-/m1/s1. The summed E-state index contributed by atoms with van der Waals surface area (Å²) in [4.78, 5) is 22.4. The minimum absolute atomic E-state index is 0.321. The SMILES string of the molecule is CC[C@@H](NC(=O)C=Cc1c(C)nn(C)c1Cl)C(=O)O. The molecule has 0 bridgehead atoms. The van der Waals surface area contributed by atoms with E-state index < -0.39 is 17.9 Å². The van der Waals surface area contributed by atoms with Crippen LogP contribution in [-0.4, -0.2) is 32.8 Å². The molecule has 0 aromatic carbocycles. The van der Waals surface area contributed by atoms with Crippen LogP contribution in [-0.2, 0) is 16.6 Å². The van der Waals surface area contributed by atoms with Gasteiger partial charge in [0.05, 0.1) is 5.69 Å². The number of hydrogen-bond acceptors (Lipinski definition) is 3. The molecule has 0 saturated heterocycles. The summed E-state index contributed by atoms with van der Waals surface area (Å²) in [5.41, 5.74) is 1.34. The van der Waals surface area contributed by atoms with Gasteiger partial charge in [-0.2, -0.15) is 5.10 Å². The number of carboxylic acid groups (broad SMARTS) is 1. The normalized spacial score (nSPS) is 12.6. The highest BCUT2D eigenvalue weighted by atomic mass is 35.5. The van der Waals surface area contributed by atoms with Crippen LogP contribution in [0.1, 0.15) is 24.6 Å². The molecule has 1 aromatic heterocycles. The zero-order valence-corrected chi connectivity index (χ0v) is 11.7. The maximum atomic E-state index is 11.6. The van der Waals surface area contributed by atoms with Crippen molar-refractivity contribution in [2.75, 3.05) is 0 Å². The van der Waals surface area contributed by atoms with Crippen LogP contribution in [0.3, 0.4) is 0 Å². The molecule has 6 nitrogen and oxygen atoms in total. The third kappa shape index (κ3) is 3.82. The Morgan fingerprint density at radius 1 is 1.58 bits per heavy atom. The molecule has 1 amide bonds. The lowest BCUT2D eigenvalue weighted by molar-refractivity contribution is -0.141. The van der Waals surface area contributed by atoms with Crippen molar-refractivity contribution in [1.82, 2.24) is 15.1 Å². The Hall–Kier alpha value is -1.82. The van der Waals surface area contributed by atoms with E-state index in [-0.39, 0.29) is 0 Å². The average molecular weight is 286 g/mol. The highest BCUT2D eigenvalue weighted by Gasteiger charge is 2.16. The Labute approximate surface area is 116 Å². The fourth-order valence-corrected chi connectivity index (χ4v) is 1.79. The molecule has 0 spiro atoms. The molecular weight excluding hydrogens is 270 g/mol. The lowest BCUT2D eigenvalue weighted by Crippen LogP contribution is -2.39. The van der Waals surface area contributed by atoms with E-state index in [2.05, 4.69) is 10.4 Å². The summed E-state index contributed by atoms with van der Waals surface area (Å²) in [6.45, 7) is 3.46. The van der Waals surface area contributed by atoms with Crippen LogP contribution >= 0.6 is 11.6 Å². The van der Waals surface area contributed by atoms with Gasteiger partial charge in [-0.3, -0.25) is 9.48 Å². The van der Waals surface area contributed by atoms with Gasteiger partial charge in [0, 0.05) is 18.7 Å². The maximum Gasteiger partial charge on any atom is 0.326 e. The second-order valence-electron chi connectivity index (χ2n) is 4.05. The number of carbonyl (C=O) groups excluding carboxylic acids is 1. The molecule has 19 heavy (non-hydrogen) atoms. The third-order valence-electron chi connectivity index (χ3n) is 2.62. The highest BCUT2D eigenvalue weighted by molar-refractivity contribution is 6.31. The number of carbonyl (C=O) groups is 2. The molecule has 7 heteroatoms. The number of hydrogen-bond donors (Lipinski definition) is 2. The molecule has 2 N–H and O–H groups in total. The monoisotopic (exact) mass is 285 g/mol. The summed E-state index contributed by atoms with van der Waals surface area (Å²) in [5.74, 6) is -1.53. The predicted octanol–water partition coefficient (Wildman–Crippen LogP) is 1.37. The molecule has 1 atom stereocenters. The molecule has 0 aliphatic carbocycles. The second-order valence-corrected chi connectivity index (χ2v) is 4.41. The first-order valence-electron chi connectivity index (χ1n) is 5.77. The number of aliphatic carboxylic acids is 1. The van der Waals surface area contributed by atoms with Crippen LogP contribution < -0.4 is 5.32 Å². The Morgan fingerprint density at radius 2 is 2.21 bits per heavy atom. The minimum Gasteiger partial charge on any atom is -0.480 e. The Balaban J connectivity index is 2.76. The first-order valence-corrected chi connectivity index (χ1v) is 6.15. The first kappa shape index (κ1) is 15.2. The molecule has 0 aliphatic heterocycles. The van der Waals surface area contributed by atoms with Crippen LogP contribution in [0.25, 0.3) is 6.08 Å². The number of amides is 1. The number of aryl methyl sites for hydroxylation is 2. The van der Waals surface area contributed by atoms with Crippen LogP contribution in [0.2, 0.25) is 5.15 Å². The van der Waals surface area contributed by atoms with E-state index in [1.165, 1.54) is 16.8 Å². The van der Waals surface area contributed by atoms with Gasteiger partial charge in [-0.25, -0.2) is 4.79 Å². The van der Waals surface area contributed by atoms with Gasteiger partial charge in [0.1, 0.15) is 11.2 Å². The van der Waals surface area contributed by atoms with Gasteiger partial charge in [-0.15, -0.1) is 0 Å². The number of aromatic nitrogens is 2. The summed E-state index contributed by atoms with van der Waals surface area (Å²) < 4.78 is 1.50. The van der Waals surface area contributed by atoms with Crippen molar-refractivity contribution in [3.63, 3.8) is 0 Å². The van der Waals surface area contributed by atoms with Gasteiger partial charge in [0.15, 0.2) is 0 Å². The largest absolute Gasteiger partial charge is 0.480 e. The van der Waals surface area contributed by atoms with Crippen molar-refractivity contribution in [2.45, 2.75) is 26.3 Å². The van der Waals surface area contributed by atoms with Crippen LogP contribution in [0.15, 0.2) is 6.08 Å². The lowest BCUT2D eigenvalue weighted by Gasteiger charge is -2.09. The van der Waals surface area contributed by atoms with Gasteiger partial charge in [0.25, 0.3) is 0 Å². The van der Waals surface area contributed by atoms with E-state index in [9.17, 15) is 9.59 Å². The van der Waals surface area contributed by atoms with E-state index in [1.807, 2.05) is 0 Å². The zero-order chi connectivity index (χ0) is 14.6. The second kappa shape index (κ2) is 6.38. The Bertz CT molecular complexity index is 523. The molecular formula is C12H16ClN3O3. The number of halogens is 1. The van der Waals surface area contributed by atoms with E-state index >= 15 is 0 Å². The Morgan fingerprint density at radius 3 is 2.63 bits per heavy atom. The maximum absolute atomic E-state index is 11.6. The third-order valence-corrected chi connectivity index (χ3v) is 3.07. The fourth-order valence-electron chi connectivity index (χ4n) is 1.55. The molecule has 0 fully saturated rings. The summed E-state index contributed by atoms with van der Waals surface area (Å²) in [7, 11) is 1.70. The topological polar surface area (TPSA) is 84.2 Å². The molecule has 0 aliphatic rings. The molecule has 1 aromatic rings. The molecule has 1 rings (SSSR count). The molecule has 104 valence electrons. The van der Waals surface area contributed by atoms with Gasteiger partial charge in [0.2, 0.25) is 5.91 Å². The van der Waals surface area contributed by atoms with E-state index in [0.717, 1.165) is 0 Å². The van der Waals surface area contributed by atoms with Crippen molar-refractivity contribution in [2.24, 2.45) is 7.05 Å².